The molecule has 0 atom stereocenters. The summed E-state index contributed by atoms with van der Waals surface area (Å²) in [6, 6.07) is 6.13. The van der Waals surface area contributed by atoms with Crippen LogP contribution in [0.2, 0.25) is 0 Å². The van der Waals surface area contributed by atoms with Crippen molar-refractivity contribution in [2.24, 2.45) is 5.73 Å². The van der Waals surface area contributed by atoms with E-state index in [-0.39, 0.29) is 17.5 Å². The number of rotatable bonds is 8. The van der Waals surface area contributed by atoms with Crippen molar-refractivity contribution < 1.29 is 23.0 Å². The Labute approximate surface area is 164 Å². The fourth-order valence-corrected chi connectivity index (χ4v) is 2.53. The van der Waals surface area contributed by atoms with E-state index in [1.54, 1.807) is 19.1 Å². The van der Waals surface area contributed by atoms with E-state index in [0.717, 1.165) is 0 Å². The normalized spacial score (nSPS) is 10.8. The summed E-state index contributed by atoms with van der Waals surface area (Å²) in [6.45, 7) is -0.776. The number of nitrogens with zero attached hydrogens (tertiary/aromatic N) is 4. The molecule has 0 saturated carbocycles. The highest BCUT2D eigenvalue weighted by atomic mass is 19.3. The highest BCUT2D eigenvalue weighted by molar-refractivity contribution is 5.88. The molecule has 2 N–H and O–H groups in total. The molecule has 8 nitrogen and oxygen atoms in total. The van der Waals surface area contributed by atoms with Crippen molar-refractivity contribution in [3.05, 3.63) is 59.9 Å². The molecule has 2 heterocycles. The Morgan fingerprint density at radius 2 is 1.93 bits per heavy atom. The lowest BCUT2D eigenvalue weighted by Gasteiger charge is -2.12. The number of ether oxygens (including phenoxy) is 2. The van der Waals surface area contributed by atoms with Gasteiger partial charge in [-0.2, -0.15) is 8.78 Å². The minimum atomic E-state index is -2.93. The number of hydrogen-bond acceptors (Lipinski definition) is 7. The molecule has 0 radical (unpaired) electrons. The van der Waals surface area contributed by atoms with Crippen molar-refractivity contribution in [1.82, 2.24) is 19.9 Å². The third kappa shape index (κ3) is 5.18. The number of halogens is 2. The molecule has 1 aromatic carbocycles. The van der Waals surface area contributed by atoms with Gasteiger partial charge in [0, 0.05) is 24.4 Å². The lowest BCUT2D eigenvalue weighted by atomic mass is 10.1. The molecule has 2 aromatic heterocycles. The summed E-state index contributed by atoms with van der Waals surface area (Å²) in [4.78, 5) is 27.7. The summed E-state index contributed by atoms with van der Waals surface area (Å²) < 4.78 is 35.0. The molecule has 0 bridgehead atoms. The van der Waals surface area contributed by atoms with E-state index in [9.17, 15) is 13.6 Å². The maximum Gasteiger partial charge on any atom is 0.387 e. The van der Waals surface area contributed by atoms with E-state index >= 15 is 0 Å². The van der Waals surface area contributed by atoms with Gasteiger partial charge in [0.2, 0.25) is 11.7 Å². The predicted molar refractivity (Wildman–Crippen MR) is 98.6 cm³/mol. The summed E-state index contributed by atoms with van der Waals surface area (Å²) in [6.07, 6.45) is 4.82. The maximum absolute atomic E-state index is 12.5. The molecule has 0 aliphatic carbocycles. The second-order valence-electron chi connectivity index (χ2n) is 5.81. The summed E-state index contributed by atoms with van der Waals surface area (Å²) >= 11 is 0. The van der Waals surface area contributed by atoms with Gasteiger partial charge in [0.1, 0.15) is 11.4 Å². The van der Waals surface area contributed by atoms with Crippen LogP contribution in [-0.4, -0.2) is 39.1 Å². The summed E-state index contributed by atoms with van der Waals surface area (Å²) in [5.74, 6) is -0.526. The van der Waals surface area contributed by atoms with Crippen LogP contribution in [0, 0.1) is 0 Å². The first-order valence-corrected chi connectivity index (χ1v) is 8.61. The van der Waals surface area contributed by atoms with E-state index in [4.69, 9.17) is 10.5 Å². The Balaban J connectivity index is 1.92. The second-order valence-corrected chi connectivity index (χ2v) is 5.81. The Bertz CT molecular complexity index is 999. The Hall–Kier alpha value is -3.69. The molecule has 3 aromatic rings. The molecule has 0 aliphatic rings. The van der Waals surface area contributed by atoms with Crippen molar-refractivity contribution in [1.29, 1.82) is 0 Å². The molecule has 0 saturated heterocycles. The van der Waals surface area contributed by atoms with E-state index in [1.807, 2.05) is 0 Å². The lowest BCUT2D eigenvalue weighted by molar-refractivity contribution is -0.0498. The van der Waals surface area contributed by atoms with Gasteiger partial charge in [0.05, 0.1) is 18.5 Å². The molecule has 29 heavy (non-hydrogen) atoms. The van der Waals surface area contributed by atoms with Gasteiger partial charge in [-0.05, 0) is 24.6 Å². The smallest absolute Gasteiger partial charge is 0.387 e. The van der Waals surface area contributed by atoms with Crippen LogP contribution in [0.4, 0.5) is 8.78 Å². The molecule has 10 heteroatoms. The van der Waals surface area contributed by atoms with Crippen LogP contribution in [0.15, 0.2) is 42.9 Å². The van der Waals surface area contributed by atoms with Gasteiger partial charge in [0.15, 0.2) is 0 Å². The van der Waals surface area contributed by atoms with Crippen molar-refractivity contribution in [2.45, 2.75) is 20.0 Å². The Kier molecular flexibility index (Phi) is 6.22. The molecular formula is C19H17F2N5O3. The number of amides is 1. The van der Waals surface area contributed by atoms with Crippen molar-refractivity contribution in [2.75, 3.05) is 6.61 Å². The molecule has 150 valence electrons. The van der Waals surface area contributed by atoms with Gasteiger partial charge < -0.3 is 15.2 Å². The molecule has 0 fully saturated rings. The fraction of sp³-hybridized carbons (Fsp3) is 0.211. The van der Waals surface area contributed by atoms with Gasteiger partial charge in [0.25, 0.3) is 5.91 Å². The fourth-order valence-electron chi connectivity index (χ4n) is 2.53. The summed E-state index contributed by atoms with van der Waals surface area (Å²) in [7, 11) is 0. The van der Waals surface area contributed by atoms with Gasteiger partial charge in [-0.15, -0.1) is 0 Å². The first kappa shape index (κ1) is 20.1. The third-order valence-electron chi connectivity index (χ3n) is 3.71. The first-order chi connectivity index (χ1) is 14.0. The zero-order chi connectivity index (χ0) is 20.8. The molecule has 0 aliphatic heterocycles. The topological polar surface area (TPSA) is 113 Å². The van der Waals surface area contributed by atoms with Crippen LogP contribution in [0.25, 0.3) is 11.3 Å². The average molecular weight is 401 g/mol. The number of carbonyl (C=O) groups is 1. The largest absolute Gasteiger partial charge is 0.476 e. The number of carbonyl (C=O) groups excluding carboxylic acids is 1. The summed E-state index contributed by atoms with van der Waals surface area (Å²) in [5.41, 5.74) is 7.29. The Morgan fingerprint density at radius 3 is 2.59 bits per heavy atom. The monoisotopic (exact) mass is 401 g/mol. The van der Waals surface area contributed by atoms with Crippen LogP contribution < -0.4 is 15.2 Å². The number of primary amides is 1. The number of hydrogen-bond donors (Lipinski definition) is 1. The van der Waals surface area contributed by atoms with Gasteiger partial charge >= 0.3 is 6.61 Å². The zero-order valence-corrected chi connectivity index (χ0v) is 15.4. The van der Waals surface area contributed by atoms with E-state index in [2.05, 4.69) is 24.7 Å². The first-order valence-electron chi connectivity index (χ1n) is 8.61. The van der Waals surface area contributed by atoms with Crippen LogP contribution in [-0.2, 0) is 6.42 Å². The number of aromatic nitrogens is 4. The van der Waals surface area contributed by atoms with Crippen molar-refractivity contribution >= 4 is 5.91 Å². The van der Waals surface area contributed by atoms with Crippen LogP contribution in [0.1, 0.15) is 28.8 Å². The van der Waals surface area contributed by atoms with Gasteiger partial charge in [-0.25, -0.2) is 19.9 Å². The third-order valence-corrected chi connectivity index (χ3v) is 3.71. The average Bonchev–Trinajstić information content (AvgIpc) is 2.69. The Morgan fingerprint density at radius 1 is 1.17 bits per heavy atom. The van der Waals surface area contributed by atoms with E-state index in [0.29, 0.717) is 35.5 Å². The minimum Gasteiger partial charge on any atom is -0.476 e. The van der Waals surface area contributed by atoms with Gasteiger partial charge in [-0.1, -0.05) is 12.1 Å². The maximum atomic E-state index is 12.5. The highest BCUT2D eigenvalue weighted by Crippen LogP contribution is 2.30. The van der Waals surface area contributed by atoms with Crippen LogP contribution in [0.5, 0.6) is 11.6 Å². The van der Waals surface area contributed by atoms with Gasteiger partial charge in [-0.3, -0.25) is 4.79 Å². The van der Waals surface area contributed by atoms with Crippen LogP contribution in [0.3, 0.4) is 0 Å². The SMILES string of the molecule is CCOc1ncc(Cc2cnc(C(N)=O)nc2)nc1-c1cccc(OC(F)F)c1. The van der Waals surface area contributed by atoms with E-state index in [1.165, 1.54) is 30.7 Å². The van der Waals surface area contributed by atoms with Crippen LogP contribution >= 0.6 is 0 Å². The standard InChI is InChI=1S/C19H17F2N5O3/c1-2-28-18-15(12-4-3-5-14(7-12)29-19(20)21)26-13(10-25-18)6-11-8-23-17(16(22)27)24-9-11/h3-5,7-10,19H,2,6H2,1H3,(H2,22,27). The molecule has 3 rings (SSSR count). The summed E-state index contributed by atoms with van der Waals surface area (Å²) in [5, 5.41) is 0. The lowest BCUT2D eigenvalue weighted by Crippen LogP contribution is -2.15. The number of nitrogens with two attached hydrogens (primary N) is 1. The van der Waals surface area contributed by atoms with Crippen molar-refractivity contribution in [3.8, 4) is 22.9 Å². The zero-order valence-electron chi connectivity index (χ0n) is 15.4. The predicted octanol–water partition coefficient (Wildman–Crippen LogP) is 2.62. The quantitative estimate of drug-likeness (QED) is 0.617. The highest BCUT2D eigenvalue weighted by Gasteiger charge is 2.14. The number of benzene rings is 1. The molecular weight excluding hydrogens is 384 g/mol. The molecule has 0 unspecified atom stereocenters. The second kappa shape index (κ2) is 9.00. The number of alkyl halides is 2. The molecule has 1 amide bonds. The minimum absolute atomic E-state index is 0.00240. The van der Waals surface area contributed by atoms with E-state index < -0.39 is 12.5 Å². The van der Waals surface area contributed by atoms with Crippen molar-refractivity contribution in [3.63, 3.8) is 0 Å². The molecule has 0 spiro atoms.